The molecule has 9 heteroatoms. The van der Waals surface area contributed by atoms with Gasteiger partial charge in [-0.2, -0.15) is 13.2 Å². The van der Waals surface area contributed by atoms with E-state index in [1.807, 2.05) is 18.7 Å². The maximum atomic E-state index is 13.1. The van der Waals surface area contributed by atoms with Crippen LogP contribution in [0.5, 0.6) is 0 Å². The number of halogens is 3. The van der Waals surface area contributed by atoms with Crippen LogP contribution < -0.4 is 5.32 Å². The van der Waals surface area contributed by atoms with Gasteiger partial charge in [0.1, 0.15) is 0 Å². The molecular formula is C18H28F3N3O3. The smallest absolute Gasteiger partial charge is 0.394 e. The molecule has 3 atom stereocenters. The number of likely N-dealkylation sites (tertiary alicyclic amines) is 1. The maximum Gasteiger partial charge on any atom is 0.394 e. The number of carbonyl (C=O) groups excluding carboxylic acids is 1. The minimum atomic E-state index is -4.66. The first-order valence-electron chi connectivity index (χ1n) is 8.81. The van der Waals surface area contributed by atoms with Crippen LogP contribution in [0.2, 0.25) is 0 Å². The van der Waals surface area contributed by atoms with E-state index < -0.39 is 43.1 Å². The lowest BCUT2D eigenvalue weighted by Crippen LogP contribution is -2.49. The Morgan fingerprint density at radius 3 is 2.19 bits per heavy atom. The number of hydrogen-bond donors (Lipinski definition) is 2. The van der Waals surface area contributed by atoms with E-state index in [2.05, 4.69) is 18.5 Å². The molecule has 0 aromatic rings. The summed E-state index contributed by atoms with van der Waals surface area (Å²) in [5, 5.41) is 11.7. The summed E-state index contributed by atoms with van der Waals surface area (Å²) in [5.41, 5.74) is 0. The molecule has 1 aliphatic rings. The summed E-state index contributed by atoms with van der Waals surface area (Å²) in [5.74, 6) is -5.08. The predicted octanol–water partition coefficient (Wildman–Crippen LogP) is 2.59. The molecule has 1 rings (SSSR count). The number of amides is 2. The third kappa shape index (κ3) is 6.27. The molecule has 0 bridgehead atoms. The summed E-state index contributed by atoms with van der Waals surface area (Å²) in [7, 11) is 0. The molecule has 2 amide bonds. The summed E-state index contributed by atoms with van der Waals surface area (Å²) in [4.78, 5) is 26.5. The van der Waals surface area contributed by atoms with Crippen LogP contribution >= 0.6 is 0 Å². The van der Waals surface area contributed by atoms with Crippen LogP contribution in [0.15, 0.2) is 25.3 Å². The highest BCUT2D eigenvalue weighted by Gasteiger charge is 2.53. The van der Waals surface area contributed by atoms with Crippen molar-refractivity contribution in [3.63, 3.8) is 0 Å². The first kappa shape index (κ1) is 23.0. The van der Waals surface area contributed by atoms with E-state index in [4.69, 9.17) is 5.11 Å². The molecule has 0 radical (unpaired) electrons. The average Bonchev–Trinajstić information content (AvgIpc) is 3.01. The zero-order chi connectivity index (χ0) is 20.8. The van der Waals surface area contributed by atoms with Gasteiger partial charge in [-0.25, -0.2) is 4.79 Å². The lowest BCUT2D eigenvalue weighted by atomic mass is 9.96. The molecule has 1 saturated heterocycles. The number of rotatable bonds is 9. The number of hydrogen-bond acceptors (Lipinski definition) is 3. The number of aliphatic carboxylic acids is 1. The second kappa shape index (κ2) is 9.77. The molecule has 1 fully saturated rings. The second-order valence-corrected chi connectivity index (χ2v) is 7.03. The Kier molecular flexibility index (Phi) is 8.33. The van der Waals surface area contributed by atoms with Crippen molar-refractivity contribution in [2.75, 3.05) is 32.7 Å². The van der Waals surface area contributed by atoms with Gasteiger partial charge in [-0.1, -0.05) is 26.0 Å². The zero-order valence-corrected chi connectivity index (χ0v) is 15.7. The van der Waals surface area contributed by atoms with E-state index in [1.54, 1.807) is 12.2 Å². The van der Waals surface area contributed by atoms with Crippen molar-refractivity contribution in [2.45, 2.75) is 26.1 Å². The van der Waals surface area contributed by atoms with Crippen LogP contribution in [0.25, 0.3) is 0 Å². The Hall–Kier alpha value is -2.03. The van der Waals surface area contributed by atoms with Crippen molar-refractivity contribution >= 4 is 12.0 Å². The number of urea groups is 1. The second-order valence-electron chi connectivity index (χ2n) is 7.03. The van der Waals surface area contributed by atoms with Crippen LogP contribution in [-0.4, -0.2) is 71.8 Å². The molecule has 1 aliphatic heterocycles. The monoisotopic (exact) mass is 391 g/mol. The minimum Gasteiger partial charge on any atom is -0.481 e. The number of nitrogens with one attached hydrogen (secondary N) is 1. The van der Waals surface area contributed by atoms with Crippen molar-refractivity contribution in [3.8, 4) is 0 Å². The SMILES string of the molecule is C=CCN(CC=C)C(CNC(=O)N1C[C@@H](C(F)(F)F)[C@H](C(=O)O)C1)C(C)C. The van der Waals surface area contributed by atoms with Gasteiger partial charge in [0.2, 0.25) is 0 Å². The third-order valence-corrected chi connectivity index (χ3v) is 4.77. The Morgan fingerprint density at radius 2 is 1.81 bits per heavy atom. The highest BCUT2D eigenvalue weighted by Crippen LogP contribution is 2.37. The predicted molar refractivity (Wildman–Crippen MR) is 96.2 cm³/mol. The van der Waals surface area contributed by atoms with Gasteiger partial charge in [0.05, 0.1) is 11.8 Å². The number of carboxylic acid groups (broad SMARTS) is 1. The quantitative estimate of drug-likeness (QED) is 0.593. The Morgan fingerprint density at radius 1 is 1.26 bits per heavy atom. The molecule has 27 heavy (non-hydrogen) atoms. The fraction of sp³-hybridized carbons (Fsp3) is 0.667. The van der Waals surface area contributed by atoms with Crippen LogP contribution in [0.1, 0.15) is 13.8 Å². The van der Waals surface area contributed by atoms with Gasteiger partial charge in [0.15, 0.2) is 0 Å². The van der Waals surface area contributed by atoms with Crippen molar-refractivity contribution in [3.05, 3.63) is 25.3 Å². The van der Waals surface area contributed by atoms with Crippen molar-refractivity contribution in [1.82, 2.24) is 15.1 Å². The number of nitrogens with zero attached hydrogens (tertiary/aromatic N) is 2. The van der Waals surface area contributed by atoms with Crippen LogP contribution in [0, 0.1) is 17.8 Å². The molecular weight excluding hydrogens is 363 g/mol. The highest BCUT2D eigenvalue weighted by molar-refractivity contribution is 5.77. The van der Waals surface area contributed by atoms with Crippen LogP contribution in [0.3, 0.4) is 0 Å². The van der Waals surface area contributed by atoms with E-state index in [1.165, 1.54) is 0 Å². The van der Waals surface area contributed by atoms with Crippen molar-refractivity contribution < 1.29 is 27.9 Å². The maximum absolute atomic E-state index is 13.1. The summed E-state index contributed by atoms with van der Waals surface area (Å²) in [6, 6.07) is -0.753. The number of carbonyl (C=O) groups is 2. The van der Waals surface area contributed by atoms with Crippen molar-refractivity contribution in [2.24, 2.45) is 17.8 Å². The fourth-order valence-corrected chi connectivity index (χ4v) is 3.32. The minimum absolute atomic E-state index is 0.0683. The molecule has 2 N–H and O–H groups in total. The van der Waals surface area contributed by atoms with E-state index >= 15 is 0 Å². The normalized spacial score (nSPS) is 21.4. The first-order chi connectivity index (χ1) is 12.5. The van der Waals surface area contributed by atoms with Gasteiger partial charge < -0.3 is 15.3 Å². The molecule has 0 saturated carbocycles. The molecule has 6 nitrogen and oxygen atoms in total. The summed E-state index contributed by atoms with van der Waals surface area (Å²) < 4.78 is 39.2. The lowest BCUT2D eigenvalue weighted by Gasteiger charge is -2.33. The van der Waals surface area contributed by atoms with Gasteiger partial charge in [-0.15, -0.1) is 13.2 Å². The Bertz CT molecular complexity index is 542. The molecule has 154 valence electrons. The number of alkyl halides is 3. The lowest BCUT2D eigenvalue weighted by molar-refractivity contribution is -0.187. The van der Waals surface area contributed by atoms with Gasteiger partial charge in [0, 0.05) is 38.8 Å². The van der Waals surface area contributed by atoms with Gasteiger partial charge in [-0.05, 0) is 5.92 Å². The fourth-order valence-electron chi connectivity index (χ4n) is 3.32. The summed E-state index contributed by atoms with van der Waals surface area (Å²) in [6.45, 7) is 11.6. The Balaban J connectivity index is 2.78. The highest BCUT2D eigenvalue weighted by atomic mass is 19.4. The first-order valence-corrected chi connectivity index (χ1v) is 8.81. The largest absolute Gasteiger partial charge is 0.481 e. The standard InChI is InChI=1S/C18H28F3N3O3/c1-5-7-23(8-6-2)15(12(3)4)9-22-17(27)24-10-13(16(25)26)14(11-24)18(19,20)21/h5-6,12-15H,1-2,7-11H2,3-4H3,(H,22,27)(H,25,26)/t13-,14-,15?/m1/s1. The van der Waals surface area contributed by atoms with E-state index in [0.717, 1.165) is 4.90 Å². The topological polar surface area (TPSA) is 72.9 Å². The third-order valence-electron chi connectivity index (χ3n) is 4.77. The molecule has 1 heterocycles. The average molecular weight is 391 g/mol. The van der Waals surface area contributed by atoms with Gasteiger partial charge >= 0.3 is 18.2 Å². The molecule has 1 unspecified atom stereocenters. The van der Waals surface area contributed by atoms with E-state index in [0.29, 0.717) is 13.1 Å². The van der Waals surface area contributed by atoms with Crippen molar-refractivity contribution in [1.29, 1.82) is 0 Å². The Labute approximate surface area is 157 Å². The number of carboxylic acids is 1. The van der Waals surface area contributed by atoms with Gasteiger partial charge in [-0.3, -0.25) is 9.69 Å². The van der Waals surface area contributed by atoms with Crippen LogP contribution in [-0.2, 0) is 4.79 Å². The molecule has 0 aliphatic carbocycles. The molecule has 0 aromatic heterocycles. The summed E-state index contributed by atoms with van der Waals surface area (Å²) in [6.07, 6.45) is -1.21. The zero-order valence-electron chi connectivity index (χ0n) is 15.7. The van der Waals surface area contributed by atoms with E-state index in [-0.39, 0.29) is 18.5 Å². The molecule has 0 aromatic carbocycles. The molecule has 0 spiro atoms. The van der Waals surface area contributed by atoms with Gasteiger partial charge in [0.25, 0.3) is 0 Å². The van der Waals surface area contributed by atoms with Crippen LogP contribution in [0.4, 0.5) is 18.0 Å². The summed E-state index contributed by atoms with van der Waals surface area (Å²) >= 11 is 0. The van der Waals surface area contributed by atoms with E-state index in [9.17, 15) is 22.8 Å².